The Morgan fingerprint density at radius 1 is 1.52 bits per heavy atom. The van der Waals surface area contributed by atoms with Gasteiger partial charge in [-0.05, 0) is 31.2 Å². The zero-order valence-electron chi connectivity index (χ0n) is 11.8. The predicted molar refractivity (Wildman–Crippen MR) is 83.7 cm³/mol. The van der Waals surface area contributed by atoms with E-state index >= 15 is 0 Å². The summed E-state index contributed by atoms with van der Waals surface area (Å²) in [4.78, 5) is 16.5. The molecule has 0 amide bonds. The molecule has 1 aliphatic rings. The average molecular weight is 303 g/mol. The van der Waals surface area contributed by atoms with Crippen LogP contribution in [0.4, 0.5) is 11.4 Å². The maximum absolute atomic E-state index is 10.8. The fourth-order valence-corrected chi connectivity index (χ4v) is 3.79. The van der Waals surface area contributed by atoms with Gasteiger partial charge in [0.15, 0.2) is 0 Å². The second kappa shape index (κ2) is 5.81. The SMILES string of the molecule is C[C@H]1CCc2nc(CNc3cccc([N+](=O)[O-])c3)sc2C1. The molecule has 1 aromatic carbocycles. The highest BCUT2D eigenvalue weighted by atomic mass is 32.1. The van der Waals surface area contributed by atoms with Crippen LogP contribution in [0, 0.1) is 16.0 Å². The van der Waals surface area contributed by atoms with E-state index in [1.165, 1.54) is 23.1 Å². The lowest BCUT2D eigenvalue weighted by Crippen LogP contribution is -2.09. The van der Waals surface area contributed by atoms with Crippen molar-refractivity contribution in [2.45, 2.75) is 32.7 Å². The van der Waals surface area contributed by atoms with Crippen molar-refractivity contribution in [3.8, 4) is 0 Å². The number of nitrogens with one attached hydrogen (secondary N) is 1. The Morgan fingerprint density at radius 3 is 3.19 bits per heavy atom. The van der Waals surface area contributed by atoms with Crippen LogP contribution in [0.25, 0.3) is 0 Å². The smallest absolute Gasteiger partial charge is 0.271 e. The minimum absolute atomic E-state index is 0.104. The van der Waals surface area contributed by atoms with E-state index in [9.17, 15) is 10.1 Å². The first kappa shape index (κ1) is 14.0. The van der Waals surface area contributed by atoms with Crippen LogP contribution in [-0.4, -0.2) is 9.91 Å². The minimum Gasteiger partial charge on any atom is -0.378 e. The normalized spacial score (nSPS) is 17.3. The Balaban J connectivity index is 1.68. The van der Waals surface area contributed by atoms with Crippen LogP contribution in [0.5, 0.6) is 0 Å². The highest BCUT2D eigenvalue weighted by Crippen LogP contribution is 2.30. The third-order valence-corrected chi connectivity index (χ3v) is 4.85. The van der Waals surface area contributed by atoms with Crippen LogP contribution in [0.15, 0.2) is 24.3 Å². The Hall–Kier alpha value is -1.95. The number of thiazole rings is 1. The Kier molecular flexibility index (Phi) is 3.88. The van der Waals surface area contributed by atoms with Crippen molar-refractivity contribution in [2.75, 3.05) is 5.32 Å². The van der Waals surface area contributed by atoms with E-state index in [0.717, 1.165) is 29.5 Å². The van der Waals surface area contributed by atoms with E-state index in [4.69, 9.17) is 0 Å². The minimum atomic E-state index is -0.380. The van der Waals surface area contributed by atoms with Crippen LogP contribution < -0.4 is 5.32 Å². The second-order valence-corrected chi connectivity index (χ2v) is 6.65. The number of non-ortho nitro benzene ring substituents is 1. The van der Waals surface area contributed by atoms with Gasteiger partial charge in [-0.25, -0.2) is 4.98 Å². The molecule has 1 aromatic heterocycles. The van der Waals surface area contributed by atoms with Crippen molar-refractivity contribution in [1.29, 1.82) is 0 Å². The van der Waals surface area contributed by atoms with E-state index in [-0.39, 0.29) is 10.6 Å². The predicted octanol–water partition coefficient (Wildman–Crippen LogP) is 3.79. The molecule has 0 bridgehead atoms. The van der Waals surface area contributed by atoms with Crippen molar-refractivity contribution in [3.05, 3.63) is 50.0 Å². The van der Waals surface area contributed by atoms with E-state index in [1.807, 2.05) is 6.07 Å². The van der Waals surface area contributed by atoms with Crippen LogP contribution in [0.3, 0.4) is 0 Å². The van der Waals surface area contributed by atoms with Gasteiger partial charge in [0, 0.05) is 22.7 Å². The van der Waals surface area contributed by atoms with Gasteiger partial charge in [0.05, 0.1) is 17.2 Å². The molecule has 0 fully saturated rings. The van der Waals surface area contributed by atoms with Gasteiger partial charge in [-0.2, -0.15) is 0 Å². The zero-order valence-corrected chi connectivity index (χ0v) is 12.7. The molecule has 1 atom stereocenters. The molecule has 0 saturated carbocycles. The topological polar surface area (TPSA) is 68.1 Å². The molecule has 1 heterocycles. The molecule has 6 heteroatoms. The van der Waals surface area contributed by atoms with Crippen molar-refractivity contribution in [3.63, 3.8) is 0 Å². The Bertz CT molecular complexity index is 669. The maximum atomic E-state index is 10.8. The number of rotatable bonds is 4. The molecule has 2 aromatic rings. The van der Waals surface area contributed by atoms with E-state index in [0.29, 0.717) is 6.54 Å². The standard InChI is InChI=1S/C15H17N3O2S/c1-10-5-6-13-14(7-10)21-15(17-13)9-16-11-3-2-4-12(8-11)18(19)20/h2-4,8,10,16H,5-7,9H2,1H3/t10-/m0/s1. The first-order valence-electron chi connectivity index (χ1n) is 7.07. The second-order valence-electron chi connectivity index (χ2n) is 5.49. The van der Waals surface area contributed by atoms with E-state index in [2.05, 4.69) is 17.2 Å². The fourth-order valence-electron chi connectivity index (χ4n) is 2.58. The molecular weight excluding hydrogens is 286 g/mol. The quantitative estimate of drug-likeness (QED) is 0.689. The average Bonchev–Trinajstić information content (AvgIpc) is 2.87. The number of benzene rings is 1. The highest BCUT2D eigenvalue weighted by molar-refractivity contribution is 7.11. The summed E-state index contributed by atoms with van der Waals surface area (Å²) in [5, 5.41) is 15.0. The lowest BCUT2D eigenvalue weighted by Gasteiger charge is -2.15. The van der Waals surface area contributed by atoms with Crippen molar-refractivity contribution in [1.82, 2.24) is 4.98 Å². The molecule has 0 aliphatic heterocycles. The number of nitro benzene ring substituents is 1. The third kappa shape index (κ3) is 3.21. The van der Waals surface area contributed by atoms with Crippen molar-refractivity contribution < 1.29 is 4.92 Å². The number of aryl methyl sites for hydroxylation is 1. The van der Waals surface area contributed by atoms with Gasteiger partial charge in [-0.15, -0.1) is 11.3 Å². The molecule has 0 saturated heterocycles. The summed E-state index contributed by atoms with van der Waals surface area (Å²) in [6.45, 7) is 2.90. The Labute approximate surface area is 127 Å². The van der Waals surface area contributed by atoms with Crippen molar-refractivity contribution >= 4 is 22.7 Å². The number of anilines is 1. The van der Waals surface area contributed by atoms with E-state index in [1.54, 1.807) is 23.5 Å². The molecule has 0 radical (unpaired) electrons. The Morgan fingerprint density at radius 2 is 2.38 bits per heavy atom. The van der Waals surface area contributed by atoms with Crippen molar-refractivity contribution in [2.24, 2.45) is 5.92 Å². The fraction of sp³-hybridized carbons (Fsp3) is 0.400. The van der Waals surface area contributed by atoms with Gasteiger partial charge < -0.3 is 5.32 Å². The molecule has 5 nitrogen and oxygen atoms in total. The van der Waals surface area contributed by atoms with Crippen LogP contribution in [-0.2, 0) is 19.4 Å². The summed E-state index contributed by atoms with van der Waals surface area (Å²) in [5.74, 6) is 0.746. The molecule has 1 aliphatic carbocycles. The summed E-state index contributed by atoms with van der Waals surface area (Å²) in [5.41, 5.74) is 2.10. The van der Waals surface area contributed by atoms with Gasteiger partial charge in [0.2, 0.25) is 0 Å². The summed E-state index contributed by atoms with van der Waals surface area (Å²) in [6.07, 6.45) is 3.42. The molecule has 0 unspecified atom stereocenters. The summed E-state index contributed by atoms with van der Waals surface area (Å²) < 4.78 is 0. The van der Waals surface area contributed by atoms with Gasteiger partial charge in [0.1, 0.15) is 5.01 Å². The summed E-state index contributed by atoms with van der Waals surface area (Å²) >= 11 is 1.76. The summed E-state index contributed by atoms with van der Waals surface area (Å²) in [7, 11) is 0. The van der Waals surface area contributed by atoms with Crippen LogP contribution in [0.2, 0.25) is 0 Å². The number of nitrogens with zero attached hydrogens (tertiary/aromatic N) is 2. The van der Waals surface area contributed by atoms with Gasteiger partial charge in [-0.3, -0.25) is 10.1 Å². The lowest BCUT2D eigenvalue weighted by molar-refractivity contribution is -0.384. The van der Waals surface area contributed by atoms with Crippen LogP contribution >= 0.6 is 11.3 Å². The highest BCUT2D eigenvalue weighted by Gasteiger charge is 2.19. The van der Waals surface area contributed by atoms with Crippen LogP contribution in [0.1, 0.15) is 28.9 Å². The number of hydrogen-bond donors (Lipinski definition) is 1. The molecule has 110 valence electrons. The first-order chi connectivity index (χ1) is 10.1. The van der Waals surface area contributed by atoms with Gasteiger partial charge >= 0.3 is 0 Å². The maximum Gasteiger partial charge on any atom is 0.271 e. The molecule has 0 spiro atoms. The molecule has 21 heavy (non-hydrogen) atoms. The van der Waals surface area contributed by atoms with E-state index < -0.39 is 0 Å². The van der Waals surface area contributed by atoms with Gasteiger partial charge in [0.25, 0.3) is 5.69 Å². The lowest BCUT2D eigenvalue weighted by atomic mass is 9.93. The number of nitro groups is 1. The zero-order chi connectivity index (χ0) is 14.8. The molecule has 3 rings (SSSR count). The summed E-state index contributed by atoms with van der Waals surface area (Å²) in [6, 6.07) is 6.57. The number of aromatic nitrogens is 1. The monoisotopic (exact) mass is 303 g/mol. The van der Waals surface area contributed by atoms with Gasteiger partial charge in [-0.1, -0.05) is 13.0 Å². The molecule has 1 N–H and O–H groups in total. The molecular formula is C15H17N3O2S. The largest absolute Gasteiger partial charge is 0.378 e. The first-order valence-corrected chi connectivity index (χ1v) is 7.89. The number of fused-ring (bicyclic) bond motifs is 1. The number of hydrogen-bond acceptors (Lipinski definition) is 5. The third-order valence-electron chi connectivity index (χ3n) is 3.73.